The van der Waals surface area contributed by atoms with Gasteiger partial charge in [0.1, 0.15) is 0 Å². The molecule has 4 nitrogen and oxygen atoms in total. The zero-order chi connectivity index (χ0) is 14.4. The molecule has 1 amide bonds. The number of carbonyl (C=O) groups is 2. The van der Waals surface area contributed by atoms with Crippen LogP contribution in [0.25, 0.3) is 0 Å². The summed E-state index contributed by atoms with van der Waals surface area (Å²) in [6, 6.07) is 0.124. The third-order valence-corrected chi connectivity index (χ3v) is 4.26. The lowest BCUT2D eigenvalue weighted by Gasteiger charge is -2.29. The van der Waals surface area contributed by atoms with Gasteiger partial charge in [0.2, 0.25) is 5.91 Å². The van der Waals surface area contributed by atoms with Crippen molar-refractivity contribution in [3.05, 3.63) is 0 Å². The summed E-state index contributed by atoms with van der Waals surface area (Å²) in [7, 11) is 0. The number of carboxylic acids is 1. The van der Waals surface area contributed by atoms with E-state index < -0.39 is 11.9 Å². The smallest absolute Gasteiger partial charge is 0.307 e. The molecule has 0 heterocycles. The van der Waals surface area contributed by atoms with E-state index in [0.717, 1.165) is 25.7 Å². The molecule has 110 valence electrons. The van der Waals surface area contributed by atoms with Crippen molar-refractivity contribution in [2.75, 3.05) is 0 Å². The second-order valence-electron chi connectivity index (χ2n) is 5.99. The Morgan fingerprint density at radius 3 is 2.32 bits per heavy atom. The maximum Gasteiger partial charge on any atom is 0.307 e. The molecule has 0 spiro atoms. The maximum atomic E-state index is 12.2. The first-order valence-electron chi connectivity index (χ1n) is 7.48. The number of aliphatic carboxylic acids is 1. The quantitative estimate of drug-likeness (QED) is 0.779. The van der Waals surface area contributed by atoms with Gasteiger partial charge in [-0.25, -0.2) is 0 Å². The first kappa shape index (κ1) is 16.0. The van der Waals surface area contributed by atoms with Crippen molar-refractivity contribution < 1.29 is 14.7 Å². The SMILES string of the molecule is CCC(C)CC(C)NC(=O)C1CCCCC1C(=O)O. The molecule has 0 radical (unpaired) electrons. The number of hydrogen-bond acceptors (Lipinski definition) is 2. The number of amides is 1. The summed E-state index contributed by atoms with van der Waals surface area (Å²) in [6.07, 6.45) is 5.27. The van der Waals surface area contributed by atoms with Crippen molar-refractivity contribution in [1.29, 1.82) is 0 Å². The molecular formula is C15H27NO3. The predicted molar refractivity (Wildman–Crippen MR) is 74.8 cm³/mol. The Bertz CT molecular complexity index is 317. The van der Waals surface area contributed by atoms with Crippen molar-refractivity contribution in [2.24, 2.45) is 17.8 Å². The first-order chi connectivity index (χ1) is 8.95. The molecule has 0 bridgehead atoms. The second kappa shape index (κ2) is 7.51. The molecule has 19 heavy (non-hydrogen) atoms. The van der Waals surface area contributed by atoms with E-state index in [4.69, 9.17) is 0 Å². The summed E-state index contributed by atoms with van der Waals surface area (Å²) in [5.41, 5.74) is 0. The fourth-order valence-corrected chi connectivity index (χ4v) is 2.92. The van der Waals surface area contributed by atoms with Crippen LogP contribution in [0.5, 0.6) is 0 Å². The highest BCUT2D eigenvalue weighted by Gasteiger charge is 2.35. The van der Waals surface area contributed by atoms with Crippen molar-refractivity contribution in [1.82, 2.24) is 5.32 Å². The molecule has 4 atom stereocenters. The summed E-state index contributed by atoms with van der Waals surface area (Å²) in [4.78, 5) is 23.4. The van der Waals surface area contributed by atoms with Gasteiger partial charge in [-0.2, -0.15) is 0 Å². The maximum absolute atomic E-state index is 12.2. The predicted octanol–water partition coefficient (Wildman–Crippen LogP) is 2.82. The van der Waals surface area contributed by atoms with E-state index >= 15 is 0 Å². The zero-order valence-electron chi connectivity index (χ0n) is 12.3. The van der Waals surface area contributed by atoms with Gasteiger partial charge in [0.15, 0.2) is 0 Å². The van der Waals surface area contributed by atoms with Gasteiger partial charge in [0, 0.05) is 6.04 Å². The molecule has 1 aliphatic carbocycles. The molecule has 0 aromatic rings. The van der Waals surface area contributed by atoms with Gasteiger partial charge in [-0.15, -0.1) is 0 Å². The summed E-state index contributed by atoms with van der Waals surface area (Å²) in [5.74, 6) is -1.15. The monoisotopic (exact) mass is 269 g/mol. The first-order valence-corrected chi connectivity index (χ1v) is 7.48. The highest BCUT2D eigenvalue weighted by Crippen LogP contribution is 2.30. The number of carbonyl (C=O) groups excluding carboxylic acids is 1. The number of hydrogen-bond donors (Lipinski definition) is 2. The van der Waals surface area contributed by atoms with Crippen LogP contribution < -0.4 is 5.32 Å². The van der Waals surface area contributed by atoms with Crippen molar-refractivity contribution in [3.8, 4) is 0 Å². The molecule has 1 rings (SSSR count). The van der Waals surface area contributed by atoms with E-state index in [2.05, 4.69) is 19.2 Å². The van der Waals surface area contributed by atoms with Gasteiger partial charge in [0.25, 0.3) is 0 Å². The van der Waals surface area contributed by atoms with Gasteiger partial charge in [-0.1, -0.05) is 33.1 Å². The topological polar surface area (TPSA) is 66.4 Å². The van der Waals surface area contributed by atoms with Gasteiger partial charge in [0.05, 0.1) is 11.8 Å². The molecule has 1 aliphatic rings. The Kier molecular flexibility index (Phi) is 6.32. The van der Waals surface area contributed by atoms with Crippen LogP contribution in [0.1, 0.15) is 59.3 Å². The standard InChI is InChI=1S/C15H27NO3/c1-4-10(2)9-11(3)16-14(17)12-7-5-6-8-13(12)15(18)19/h10-13H,4-9H2,1-3H3,(H,16,17)(H,18,19). The molecule has 1 saturated carbocycles. The van der Waals surface area contributed by atoms with E-state index in [9.17, 15) is 14.7 Å². The molecule has 2 N–H and O–H groups in total. The van der Waals surface area contributed by atoms with Crippen LogP contribution in [-0.4, -0.2) is 23.0 Å². The minimum Gasteiger partial charge on any atom is -0.481 e. The third kappa shape index (κ3) is 4.84. The largest absolute Gasteiger partial charge is 0.481 e. The van der Waals surface area contributed by atoms with Gasteiger partial charge in [-0.3, -0.25) is 9.59 Å². The van der Waals surface area contributed by atoms with Crippen molar-refractivity contribution in [2.45, 2.75) is 65.3 Å². The average Bonchev–Trinajstić information content (AvgIpc) is 2.38. The average molecular weight is 269 g/mol. The van der Waals surface area contributed by atoms with Crippen LogP contribution in [-0.2, 0) is 9.59 Å². The van der Waals surface area contributed by atoms with Crippen molar-refractivity contribution in [3.63, 3.8) is 0 Å². The van der Waals surface area contributed by atoms with Crippen LogP contribution in [0, 0.1) is 17.8 Å². The lowest BCUT2D eigenvalue weighted by molar-refractivity contribution is -0.149. The van der Waals surface area contributed by atoms with E-state index in [1.165, 1.54) is 0 Å². The molecule has 4 unspecified atom stereocenters. The number of nitrogens with one attached hydrogen (secondary N) is 1. The Morgan fingerprint density at radius 1 is 1.21 bits per heavy atom. The summed E-state index contributed by atoms with van der Waals surface area (Å²) >= 11 is 0. The van der Waals surface area contributed by atoms with E-state index in [-0.39, 0.29) is 17.9 Å². The van der Waals surface area contributed by atoms with Crippen LogP contribution in [0.4, 0.5) is 0 Å². The van der Waals surface area contributed by atoms with E-state index in [1.54, 1.807) is 0 Å². The Balaban J connectivity index is 2.53. The van der Waals surface area contributed by atoms with Gasteiger partial charge < -0.3 is 10.4 Å². The summed E-state index contributed by atoms with van der Waals surface area (Å²) in [5, 5.41) is 12.2. The Labute approximate surface area is 116 Å². The molecule has 0 saturated heterocycles. The highest BCUT2D eigenvalue weighted by atomic mass is 16.4. The molecule has 0 aromatic heterocycles. The van der Waals surface area contributed by atoms with E-state index in [1.807, 2.05) is 6.92 Å². The molecule has 0 aromatic carbocycles. The summed E-state index contributed by atoms with van der Waals surface area (Å²) < 4.78 is 0. The van der Waals surface area contributed by atoms with E-state index in [0.29, 0.717) is 18.8 Å². The zero-order valence-corrected chi connectivity index (χ0v) is 12.3. The molecule has 0 aliphatic heterocycles. The fraction of sp³-hybridized carbons (Fsp3) is 0.867. The van der Waals surface area contributed by atoms with Crippen LogP contribution in [0.15, 0.2) is 0 Å². The van der Waals surface area contributed by atoms with Crippen LogP contribution in [0.3, 0.4) is 0 Å². The molecule has 4 heteroatoms. The Morgan fingerprint density at radius 2 is 1.79 bits per heavy atom. The molecule has 1 fully saturated rings. The lowest BCUT2D eigenvalue weighted by atomic mass is 9.78. The van der Waals surface area contributed by atoms with Crippen LogP contribution >= 0.6 is 0 Å². The van der Waals surface area contributed by atoms with Gasteiger partial charge in [-0.05, 0) is 32.1 Å². The minimum absolute atomic E-state index is 0.0668. The minimum atomic E-state index is -0.825. The molecular weight excluding hydrogens is 242 g/mol. The third-order valence-electron chi connectivity index (χ3n) is 4.26. The normalized spacial score (nSPS) is 26.5. The second-order valence-corrected chi connectivity index (χ2v) is 5.99. The number of rotatable bonds is 6. The van der Waals surface area contributed by atoms with Gasteiger partial charge >= 0.3 is 5.97 Å². The fourth-order valence-electron chi connectivity index (χ4n) is 2.92. The lowest BCUT2D eigenvalue weighted by Crippen LogP contribution is -2.43. The highest BCUT2D eigenvalue weighted by molar-refractivity contribution is 5.85. The number of carboxylic acid groups (broad SMARTS) is 1. The van der Waals surface area contributed by atoms with Crippen molar-refractivity contribution >= 4 is 11.9 Å². The summed E-state index contributed by atoms with van der Waals surface area (Å²) in [6.45, 7) is 6.31. The van der Waals surface area contributed by atoms with Crippen LogP contribution in [0.2, 0.25) is 0 Å². The Hall–Kier alpha value is -1.06.